The van der Waals surface area contributed by atoms with Crippen molar-refractivity contribution in [3.63, 3.8) is 0 Å². The van der Waals surface area contributed by atoms with Gasteiger partial charge in [-0.2, -0.15) is 0 Å². The third kappa shape index (κ3) is 1.86. The molecular weight excluding hydrogens is 196 g/mol. The Hall–Kier alpha value is -0.730. The zero-order valence-corrected chi connectivity index (χ0v) is 9.30. The number of hydrogen-bond acceptors (Lipinski definition) is 2. The second-order valence-electron chi connectivity index (χ2n) is 4.00. The summed E-state index contributed by atoms with van der Waals surface area (Å²) in [6.45, 7) is 1.02. The quantitative estimate of drug-likeness (QED) is 0.765. The van der Waals surface area contributed by atoms with Gasteiger partial charge in [0.05, 0.1) is 0 Å². The van der Waals surface area contributed by atoms with E-state index in [1.807, 2.05) is 6.07 Å². The number of anilines is 1. The van der Waals surface area contributed by atoms with Crippen molar-refractivity contribution in [1.82, 2.24) is 4.90 Å². The van der Waals surface area contributed by atoms with E-state index in [1.165, 1.54) is 11.3 Å². The summed E-state index contributed by atoms with van der Waals surface area (Å²) in [5, 5.41) is 4.24. The van der Waals surface area contributed by atoms with Gasteiger partial charge in [-0.3, -0.25) is 0 Å². The SMILES string of the molecule is CN(C)C1CNc2ccc(Cl)cc2C1. The molecule has 3 heteroatoms. The monoisotopic (exact) mass is 210 g/mol. The van der Waals surface area contributed by atoms with E-state index in [-0.39, 0.29) is 0 Å². The van der Waals surface area contributed by atoms with Gasteiger partial charge in [-0.1, -0.05) is 11.6 Å². The summed E-state index contributed by atoms with van der Waals surface area (Å²) in [5.74, 6) is 0. The van der Waals surface area contributed by atoms with Crippen LogP contribution in [0.4, 0.5) is 5.69 Å². The lowest BCUT2D eigenvalue weighted by Gasteiger charge is -2.30. The van der Waals surface area contributed by atoms with Gasteiger partial charge in [0, 0.05) is 23.3 Å². The molecular formula is C11H15ClN2. The molecule has 1 unspecified atom stereocenters. The first-order chi connectivity index (χ1) is 6.66. The summed E-state index contributed by atoms with van der Waals surface area (Å²) in [5.41, 5.74) is 2.55. The minimum Gasteiger partial charge on any atom is -0.383 e. The van der Waals surface area contributed by atoms with Crippen molar-refractivity contribution in [1.29, 1.82) is 0 Å². The number of likely N-dealkylation sites (N-methyl/N-ethyl adjacent to an activating group) is 1. The van der Waals surface area contributed by atoms with E-state index >= 15 is 0 Å². The average molecular weight is 211 g/mol. The van der Waals surface area contributed by atoms with Gasteiger partial charge in [0.2, 0.25) is 0 Å². The second kappa shape index (κ2) is 3.79. The van der Waals surface area contributed by atoms with Crippen LogP contribution in [0, 0.1) is 0 Å². The zero-order valence-electron chi connectivity index (χ0n) is 8.55. The highest BCUT2D eigenvalue weighted by Gasteiger charge is 2.19. The Balaban J connectivity index is 2.24. The fourth-order valence-corrected chi connectivity index (χ4v) is 2.02. The van der Waals surface area contributed by atoms with E-state index in [2.05, 4.69) is 36.4 Å². The highest BCUT2D eigenvalue weighted by atomic mass is 35.5. The van der Waals surface area contributed by atoms with Gasteiger partial charge in [0.15, 0.2) is 0 Å². The van der Waals surface area contributed by atoms with E-state index < -0.39 is 0 Å². The normalized spacial score (nSPS) is 20.4. The van der Waals surface area contributed by atoms with Gasteiger partial charge in [-0.25, -0.2) is 0 Å². The first-order valence-corrected chi connectivity index (χ1v) is 5.23. The highest BCUT2D eigenvalue weighted by molar-refractivity contribution is 6.30. The Kier molecular flexibility index (Phi) is 2.66. The molecule has 0 aromatic heterocycles. The summed E-state index contributed by atoms with van der Waals surface area (Å²) in [6, 6.07) is 6.62. The minimum absolute atomic E-state index is 0.570. The molecule has 14 heavy (non-hydrogen) atoms. The zero-order chi connectivity index (χ0) is 10.1. The Labute approximate surface area is 89.9 Å². The summed E-state index contributed by atoms with van der Waals surface area (Å²) < 4.78 is 0. The maximum absolute atomic E-state index is 5.96. The van der Waals surface area contributed by atoms with Crippen LogP contribution in [-0.2, 0) is 6.42 Å². The molecule has 0 aliphatic carbocycles. The van der Waals surface area contributed by atoms with Crippen LogP contribution in [0.25, 0.3) is 0 Å². The number of benzene rings is 1. The van der Waals surface area contributed by atoms with E-state index in [4.69, 9.17) is 11.6 Å². The Morgan fingerprint density at radius 2 is 2.21 bits per heavy atom. The molecule has 0 bridgehead atoms. The van der Waals surface area contributed by atoms with Crippen molar-refractivity contribution >= 4 is 17.3 Å². The van der Waals surface area contributed by atoms with Crippen molar-refractivity contribution in [2.75, 3.05) is 26.0 Å². The van der Waals surface area contributed by atoms with E-state index in [1.54, 1.807) is 0 Å². The van der Waals surface area contributed by atoms with E-state index in [9.17, 15) is 0 Å². The van der Waals surface area contributed by atoms with E-state index in [0.717, 1.165) is 18.0 Å². The maximum Gasteiger partial charge on any atom is 0.0410 e. The van der Waals surface area contributed by atoms with Crippen LogP contribution >= 0.6 is 11.6 Å². The third-order valence-electron chi connectivity index (χ3n) is 2.78. The summed E-state index contributed by atoms with van der Waals surface area (Å²) in [7, 11) is 4.23. The maximum atomic E-state index is 5.96. The molecule has 1 aromatic carbocycles. The lowest BCUT2D eigenvalue weighted by atomic mass is 9.99. The van der Waals surface area contributed by atoms with Crippen LogP contribution in [0.5, 0.6) is 0 Å². The van der Waals surface area contributed by atoms with Crippen LogP contribution < -0.4 is 5.32 Å². The highest BCUT2D eigenvalue weighted by Crippen LogP contribution is 2.26. The number of rotatable bonds is 1. The van der Waals surface area contributed by atoms with Crippen molar-refractivity contribution in [2.45, 2.75) is 12.5 Å². The van der Waals surface area contributed by atoms with Gasteiger partial charge in [-0.15, -0.1) is 0 Å². The first-order valence-electron chi connectivity index (χ1n) is 4.85. The lowest BCUT2D eigenvalue weighted by molar-refractivity contribution is 0.299. The fraction of sp³-hybridized carbons (Fsp3) is 0.455. The fourth-order valence-electron chi connectivity index (χ4n) is 1.82. The molecule has 0 saturated carbocycles. The number of hydrogen-bond donors (Lipinski definition) is 1. The molecule has 0 fully saturated rings. The average Bonchev–Trinajstić information content (AvgIpc) is 2.16. The van der Waals surface area contributed by atoms with Crippen molar-refractivity contribution in [3.05, 3.63) is 28.8 Å². The number of nitrogens with zero attached hydrogens (tertiary/aromatic N) is 1. The predicted octanol–water partition coefficient (Wildman–Crippen LogP) is 2.24. The summed E-state index contributed by atoms with van der Waals surface area (Å²) in [6.07, 6.45) is 1.08. The molecule has 0 radical (unpaired) electrons. The molecule has 1 atom stereocenters. The molecule has 1 aliphatic rings. The van der Waals surface area contributed by atoms with Crippen molar-refractivity contribution < 1.29 is 0 Å². The lowest BCUT2D eigenvalue weighted by Crippen LogP contribution is -2.39. The van der Waals surface area contributed by atoms with E-state index in [0.29, 0.717) is 6.04 Å². The molecule has 1 heterocycles. The molecule has 1 aliphatic heterocycles. The summed E-state index contributed by atoms with van der Waals surface area (Å²) >= 11 is 5.96. The number of halogens is 1. The van der Waals surface area contributed by atoms with Gasteiger partial charge in [-0.05, 0) is 44.3 Å². The second-order valence-corrected chi connectivity index (χ2v) is 4.44. The van der Waals surface area contributed by atoms with Crippen LogP contribution in [0.3, 0.4) is 0 Å². The van der Waals surface area contributed by atoms with Crippen LogP contribution in [0.2, 0.25) is 5.02 Å². The summed E-state index contributed by atoms with van der Waals surface area (Å²) in [4.78, 5) is 2.25. The smallest absolute Gasteiger partial charge is 0.0410 e. The van der Waals surface area contributed by atoms with Crippen LogP contribution in [0.15, 0.2) is 18.2 Å². The van der Waals surface area contributed by atoms with Crippen LogP contribution in [0.1, 0.15) is 5.56 Å². The molecule has 1 N–H and O–H groups in total. The van der Waals surface area contributed by atoms with Gasteiger partial charge in [0.25, 0.3) is 0 Å². The van der Waals surface area contributed by atoms with Crippen LogP contribution in [-0.4, -0.2) is 31.6 Å². The van der Waals surface area contributed by atoms with Crippen molar-refractivity contribution in [3.8, 4) is 0 Å². The molecule has 0 saturated heterocycles. The molecule has 0 amide bonds. The molecule has 2 rings (SSSR count). The molecule has 2 nitrogen and oxygen atoms in total. The Bertz CT molecular complexity index is 336. The van der Waals surface area contributed by atoms with Gasteiger partial charge in [0.1, 0.15) is 0 Å². The Morgan fingerprint density at radius 3 is 2.93 bits per heavy atom. The van der Waals surface area contributed by atoms with Gasteiger partial charge < -0.3 is 10.2 Å². The molecule has 1 aromatic rings. The largest absolute Gasteiger partial charge is 0.383 e. The minimum atomic E-state index is 0.570. The molecule has 0 spiro atoms. The van der Waals surface area contributed by atoms with Crippen molar-refractivity contribution in [2.24, 2.45) is 0 Å². The standard InChI is InChI=1S/C11H15ClN2/c1-14(2)10-6-8-5-9(12)3-4-11(8)13-7-10/h3-5,10,13H,6-7H2,1-2H3. The third-order valence-corrected chi connectivity index (χ3v) is 3.02. The predicted molar refractivity (Wildman–Crippen MR) is 61.1 cm³/mol. The number of fused-ring (bicyclic) bond motifs is 1. The first kappa shape index (κ1) is 9.81. The Morgan fingerprint density at radius 1 is 1.43 bits per heavy atom. The van der Waals surface area contributed by atoms with Gasteiger partial charge >= 0.3 is 0 Å². The number of nitrogens with one attached hydrogen (secondary N) is 1. The topological polar surface area (TPSA) is 15.3 Å². The molecule has 76 valence electrons.